The molecule has 5 nitrogen and oxygen atoms in total. The summed E-state index contributed by atoms with van der Waals surface area (Å²) in [6.07, 6.45) is -1.50. The molecule has 0 spiro atoms. The third kappa shape index (κ3) is 3.25. The predicted molar refractivity (Wildman–Crippen MR) is 84.5 cm³/mol. The van der Waals surface area contributed by atoms with E-state index in [1.165, 1.54) is 18.3 Å². The monoisotopic (exact) mass is 355 g/mol. The number of alkyl halides is 3. The first kappa shape index (κ1) is 16.4. The van der Waals surface area contributed by atoms with Gasteiger partial charge in [-0.1, -0.05) is 6.07 Å². The zero-order valence-corrected chi connectivity index (χ0v) is 13.0. The topological polar surface area (TPSA) is 70.4 Å². The summed E-state index contributed by atoms with van der Waals surface area (Å²) in [6.45, 7) is 0. The van der Waals surface area contributed by atoms with Gasteiger partial charge in [-0.05, 0) is 43.3 Å². The normalized spacial score (nSPS) is 15.1. The molecule has 1 heterocycles. The number of aliphatic imine (C=N–C) groups is 1. The molecule has 1 fully saturated rings. The second-order valence-corrected chi connectivity index (χ2v) is 5.78. The summed E-state index contributed by atoms with van der Waals surface area (Å²) in [5, 5.41) is 10.3. The van der Waals surface area contributed by atoms with Crippen LogP contribution in [0.3, 0.4) is 0 Å². The number of aromatic hydroxyl groups is 1. The van der Waals surface area contributed by atoms with Crippen LogP contribution >= 0.6 is 12.2 Å². The van der Waals surface area contributed by atoms with Crippen molar-refractivity contribution in [3.05, 3.63) is 50.5 Å². The van der Waals surface area contributed by atoms with Gasteiger partial charge in [0, 0.05) is 6.21 Å². The molecule has 0 radical (unpaired) electrons. The Balaban J connectivity index is 2.16. The van der Waals surface area contributed by atoms with Crippen molar-refractivity contribution >= 4 is 18.4 Å². The Kier molecular flexibility index (Phi) is 4.04. The van der Waals surface area contributed by atoms with Crippen LogP contribution in [-0.2, 0) is 6.18 Å². The number of hydrogen-bond donors (Lipinski definition) is 2. The molecule has 2 N–H and O–H groups in total. The Labute approximate surface area is 139 Å². The molecule has 0 unspecified atom stereocenters. The fourth-order valence-corrected chi connectivity index (χ4v) is 2.40. The van der Waals surface area contributed by atoms with E-state index < -0.39 is 23.2 Å². The van der Waals surface area contributed by atoms with Gasteiger partial charge >= 0.3 is 6.18 Å². The molecule has 1 aromatic carbocycles. The van der Waals surface area contributed by atoms with Crippen LogP contribution in [0.15, 0.2) is 34.1 Å². The van der Waals surface area contributed by atoms with Crippen LogP contribution in [0.1, 0.15) is 24.0 Å². The Bertz CT molecular complexity index is 927. The number of rotatable bonds is 3. The van der Waals surface area contributed by atoms with Crippen molar-refractivity contribution in [3.63, 3.8) is 0 Å². The van der Waals surface area contributed by atoms with E-state index in [-0.39, 0.29) is 22.1 Å². The van der Waals surface area contributed by atoms with E-state index in [1.54, 1.807) is 0 Å². The average Bonchev–Trinajstić information content (AvgIpc) is 3.30. The van der Waals surface area contributed by atoms with E-state index in [0.717, 1.165) is 29.5 Å². The molecular formula is C15H12F3N3O2S. The van der Waals surface area contributed by atoms with Crippen molar-refractivity contribution in [1.29, 1.82) is 0 Å². The van der Waals surface area contributed by atoms with Crippen molar-refractivity contribution in [1.82, 2.24) is 9.55 Å². The first-order valence-corrected chi connectivity index (χ1v) is 7.47. The second-order valence-electron chi connectivity index (χ2n) is 5.39. The van der Waals surface area contributed by atoms with E-state index in [4.69, 9.17) is 12.2 Å². The van der Waals surface area contributed by atoms with Crippen LogP contribution in [0.25, 0.3) is 5.69 Å². The summed E-state index contributed by atoms with van der Waals surface area (Å²) < 4.78 is 39.4. The van der Waals surface area contributed by atoms with E-state index >= 15 is 0 Å². The molecule has 3 rings (SSSR count). The molecule has 1 saturated carbocycles. The van der Waals surface area contributed by atoms with Gasteiger partial charge in [0.05, 0.1) is 17.3 Å². The minimum absolute atomic E-state index is 0.00959. The fraction of sp³-hybridized carbons (Fsp3) is 0.267. The lowest BCUT2D eigenvalue weighted by molar-refractivity contribution is -0.137. The highest BCUT2D eigenvalue weighted by atomic mass is 32.1. The van der Waals surface area contributed by atoms with Gasteiger partial charge in [0.2, 0.25) is 5.88 Å². The largest absolute Gasteiger partial charge is 0.494 e. The highest BCUT2D eigenvalue weighted by Gasteiger charge is 2.30. The lowest BCUT2D eigenvalue weighted by atomic mass is 10.2. The van der Waals surface area contributed by atoms with Gasteiger partial charge in [0.1, 0.15) is 5.56 Å². The maximum absolute atomic E-state index is 12.9. The van der Waals surface area contributed by atoms with Crippen LogP contribution in [0.5, 0.6) is 5.88 Å². The molecule has 126 valence electrons. The molecule has 9 heteroatoms. The Morgan fingerprint density at radius 2 is 2.08 bits per heavy atom. The lowest BCUT2D eigenvalue weighted by Gasteiger charge is -2.13. The maximum Gasteiger partial charge on any atom is 0.416 e. The van der Waals surface area contributed by atoms with E-state index in [9.17, 15) is 23.1 Å². The van der Waals surface area contributed by atoms with Gasteiger partial charge in [-0.3, -0.25) is 19.3 Å². The molecule has 2 aromatic rings. The number of nitrogens with zero attached hydrogens (tertiary/aromatic N) is 2. The second kappa shape index (κ2) is 5.90. The summed E-state index contributed by atoms with van der Waals surface area (Å²) in [6, 6.07) is 4.42. The lowest BCUT2D eigenvalue weighted by Crippen LogP contribution is -2.18. The third-order valence-corrected chi connectivity index (χ3v) is 3.80. The molecule has 0 aliphatic heterocycles. The summed E-state index contributed by atoms with van der Waals surface area (Å²) in [5.74, 6) is -0.549. The molecule has 0 saturated heterocycles. The third-order valence-electron chi connectivity index (χ3n) is 3.51. The van der Waals surface area contributed by atoms with Crippen molar-refractivity contribution in [2.75, 3.05) is 0 Å². The molecule has 0 amide bonds. The van der Waals surface area contributed by atoms with Crippen molar-refractivity contribution in [2.45, 2.75) is 25.1 Å². The molecule has 1 aliphatic rings. The van der Waals surface area contributed by atoms with Gasteiger partial charge < -0.3 is 5.11 Å². The number of aromatic nitrogens is 2. The molecule has 24 heavy (non-hydrogen) atoms. The Hall–Kier alpha value is -2.42. The fourth-order valence-electron chi connectivity index (χ4n) is 2.12. The smallest absolute Gasteiger partial charge is 0.416 e. The van der Waals surface area contributed by atoms with Gasteiger partial charge in [-0.2, -0.15) is 13.2 Å². The first-order chi connectivity index (χ1) is 11.3. The zero-order chi connectivity index (χ0) is 17.5. The molecule has 1 aliphatic carbocycles. The maximum atomic E-state index is 12.9. The Morgan fingerprint density at radius 3 is 2.71 bits per heavy atom. The van der Waals surface area contributed by atoms with E-state index in [0.29, 0.717) is 0 Å². The van der Waals surface area contributed by atoms with Gasteiger partial charge in [0.15, 0.2) is 4.77 Å². The van der Waals surface area contributed by atoms with Crippen LogP contribution < -0.4 is 5.56 Å². The van der Waals surface area contributed by atoms with Gasteiger partial charge in [-0.25, -0.2) is 0 Å². The number of aromatic amines is 1. The van der Waals surface area contributed by atoms with E-state index in [1.807, 2.05) is 0 Å². The minimum atomic E-state index is -4.54. The van der Waals surface area contributed by atoms with Crippen molar-refractivity contribution < 1.29 is 18.3 Å². The van der Waals surface area contributed by atoms with Gasteiger partial charge in [-0.15, -0.1) is 0 Å². The zero-order valence-electron chi connectivity index (χ0n) is 12.2. The standard InChI is InChI=1S/C15H12F3N3O2S/c16-15(17,18)8-2-1-3-10(6-8)21-13(23)11(7-19-9-4-5-9)12(22)20-14(21)24/h1-3,6-7,9,23H,4-5H2,(H,20,22,24). The predicted octanol–water partition coefficient (Wildman–Crippen LogP) is 3.20. The quantitative estimate of drug-likeness (QED) is 0.656. The van der Waals surface area contributed by atoms with E-state index in [2.05, 4.69) is 9.98 Å². The average molecular weight is 355 g/mol. The summed E-state index contributed by atoms with van der Waals surface area (Å²) >= 11 is 4.98. The SMILES string of the molecule is O=c1[nH]c(=S)n(-c2cccc(C(F)(F)F)c2)c(O)c1C=NC1CC1. The number of hydrogen-bond acceptors (Lipinski definition) is 4. The first-order valence-electron chi connectivity index (χ1n) is 7.06. The van der Waals surface area contributed by atoms with Crippen molar-refractivity contribution in [3.8, 4) is 11.6 Å². The minimum Gasteiger partial charge on any atom is -0.494 e. The number of nitrogens with one attached hydrogen (secondary N) is 1. The molecule has 0 atom stereocenters. The summed E-state index contributed by atoms with van der Waals surface area (Å²) in [5.41, 5.74) is -1.69. The summed E-state index contributed by atoms with van der Waals surface area (Å²) in [4.78, 5) is 18.4. The molecular weight excluding hydrogens is 343 g/mol. The highest BCUT2D eigenvalue weighted by molar-refractivity contribution is 7.71. The molecule has 1 aromatic heterocycles. The van der Waals surface area contributed by atoms with Crippen molar-refractivity contribution in [2.24, 2.45) is 4.99 Å². The summed E-state index contributed by atoms with van der Waals surface area (Å²) in [7, 11) is 0. The highest BCUT2D eigenvalue weighted by Crippen LogP contribution is 2.31. The van der Waals surface area contributed by atoms with Gasteiger partial charge in [0.25, 0.3) is 5.56 Å². The van der Waals surface area contributed by atoms with Crippen LogP contribution in [0, 0.1) is 4.77 Å². The van der Waals surface area contributed by atoms with Crippen LogP contribution in [0.4, 0.5) is 13.2 Å². The number of benzene rings is 1. The van der Waals surface area contributed by atoms with Crippen LogP contribution in [-0.4, -0.2) is 26.9 Å². The van der Waals surface area contributed by atoms with Crippen LogP contribution in [0.2, 0.25) is 0 Å². The Morgan fingerprint density at radius 1 is 1.38 bits per heavy atom. The number of halogens is 3. The number of H-pyrrole nitrogens is 1. The molecule has 0 bridgehead atoms.